The number of carbonyl (C=O) groups is 1. The fraction of sp³-hybridized carbons (Fsp3) is 0.421. The number of rotatable bonds is 3. The summed E-state index contributed by atoms with van der Waals surface area (Å²) < 4.78 is 5.67. The van der Waals surface area contributed by atoms with E-state index >= 15 is 0 Å². The molecule has 1 N–H and O–H groups in total. The van der Waals surface area contributed by atoms with Crippen molar-refractivity contribution in [1.82, 2.24) is 4.90 Å². The van der Waals surface area contributed by atoms with Crippen LogP contribution in [0.3, 0.4) is 0 Å². The largest absolute Gasteiger partial charge is 0.508 e. The van der Waals surface area contributed by atoms with E-state index in [0.717, 1.165) is 26.1 Å². The van der Waals surface area contributed by atoms with E-state index < -0.39 is 0 Å². The Morgan fingerprint density at radius 1 is 1.22 bits per heavy atom. The summed E-state index contributed by atoms with van der Waals surface area (Å²) in [6, 6.07) is 10.4. The van der Waals surface area contributed by atoms with E-state index in [-0.39, 0.29) is 29.8 Å². The number of ether oxygens (including phenoxy) is 1. The van der Waals surface area contributed by atoms with Crippen molar-refractivity contribution in [3.63, 3.8) is 0 Å². The summed E-state index contributed by atoms with van der Waals surface area (Å²) in [7, 11) is 0. The Morgan fingerprint density at radius 3 is 2.78 bits per heavy atom. The number of hydrogen-bond acceptors (Lipinski definition) is 4. The summed E-state index contributed by atoms with van der Waals surface area (Å²) >= 11 is 0. The second kappa shape index (κ2) is 5.85. The van der Waals surface area contributed by atoms with E-state index in [2.05, 4.69) is 29.2 Å². The maximum absolute atomic E-state index is 12.2. The molecule has 2 aliphatic heterocycles. The maximum Gasteiger partial charge on any atom is 0.311 e. The molecule has 0 bridgehead atoms. The first-order chi connectivity index (χ1) is 11.2. The standard InChI is InChI=1S/C19H21NO3/c21-15-8-6-14(7-9-15)18-16-11-20(12-17(16)19(22)23-18)10-13-4-2-1-3-5-13/h1-6,8-9,14,16-18,21H,7,10-12H2/t14?,16-,17+,18+/m1/s1. The highest BCUT2D eigenvalue weighted by Crippen LogP contribution is 2.41. The van der Waals surface area contributed by atoms with E-state index in [1.54, 1.807) is 6.08 Å². The first-order valence-corrected chi connectivity index (χ1v) is 8.25. The lowest BCUT2D eigenvalue weighted by Crippen LogP contribution is -2.31. The number of cyclic esters (lactones) is 1. The molecule has 2 saturated heterocycles. The number of fused-ring (bicyclic) bond motifs is 1. The first-order valence-electron chi connectivity index (χ1n) is 8.25. The molecule has 1 aromatic rings. The fourth-order valence-electron chi connectivity index (χ4n) is 4.05. The van der Waals surface area contributed by atoms with Crippen molar-refractivity contribution in [2.75, 3.05) is 13.1 Å². The van der Waals surface area contributed by atoms with Gasteiger partial charge >= 0.3 is 5.97 Å². The van der Waals surface area contributed by atoms with Crippen molar-refractivity contribution in [2.24, 2.45) is 17.8 Å². The Labute approximate surface area is 136 Å². The summed E-state index contributed by atoms with van der Waals surface area (Å²) in [4.78, 5) is 14.6. The van der Waals surface area contributed by atoms with Gasteiger partial charge in [-0.2, -0.15) is 0 Å². The van der Waals surface area contributed by atoms with Gasteiger partial charge in [-0.25, -0.2) is 0 Å². The molecule has 1 unspecified atom stereocenters. The van der Waals surface area contributed by atoms with Crippen LogP contribution in [0.4, 0.5) is 0 Å². The molecule has 0 aromatic heterocycles. The third-order valence-electron chi connectivity index (χ3n) is 5.20. The Bertz CT molecular complexity index is 652. The zero-order valence-electron chi connectivity index (χ0n) is 13.0. The van der Waals surface area contributed by atoms with Crippen LogP contribution in [0.2, 0.25) is 0 Å². The topological polar surface area (TPSA) is 49.8 Å². The number of nitrogens with zero attached hydrogens (tertiary/aromatic N) is 1. The van der Waals surface area contributed by atoms with Crippen LogP contribution >= 0.6 is 0 Å². The van der Waals surface area contributed by atoms with Gasteiger partial charge in [-0.15, -0.1) is 0 Å². The minimum Gasteiger partial charge on any atom is -0.508 e. The molecule has 0 amide bonds. The smallest absolute Gasteiger partial charge is 0.311 e. The van der Waals surface area contributed by atoms with Crippen LogP contribution in [0.15, 0.2) is 54.3 Å². The van der Waals surface area contributed by atoms with E-state index in [9.17, 15) is 9.90 Å². The molecule has 23 heavy (non-hydrogen) atoms. The predicted octanol–water partition coefficient (Wildman–Crippen LogP) is 2.68. The van der Waals surface area contributed by atoms with E-state index in [0.29, 0.717) is 5.76 Å². The van der Waals surface area contributed by atoms with Crippen LogP contribution in [0.5, 0.6) is 0 Å². The maximum atomic E-state index is 12.2. The first kappa shape index (κ1) is 14.5. The van der Waals surface area contributed by atoms with Crippen LogP contribution < -0.4 is 0 Å². The molecular formula is C19H21NO3. The number of likely N-dealkylation sites (tertiary alicyclic amines) is 1. The molecule has 120 valence electrons. The van der Waals surface area contributed by atoms with Gasteiger partial charge in [-0.1, -0.05) is 36.4 Å². The van der Waals surface area contributed by atoms with Gasteiger partial charge in [0.2, 0.25) is 0 Å². The van der Waals surface area contributed by atoms with E-state index in [1.807, 2.05) is 18.2 Å². The highest BCUT2D eigenvalue weighted by molar-refractivity contribution is 5.76. The molecule has 2 fully saturated rings. The Morgan fingerprint density at radius 2 is 2.04 bits per heavy atom. The second-order valence-corrected chi connectivity index (χ2v) is 6.74. The average Bonchev–Trinajstić information content (AvgIpc) is 3.10. The molecule has 4 rings (SSSR count). The zero-order chi connectivity index (χ0) is 15.8. The van der Waals surface area contributed by atoms with Crippen LogP contribution in [-0.2, 0) is 16.1 Å². The van der Waals surface area contributed by atoms with Gasteiger partial charge in [0.1, 0.15) is 11.9 Å². The molecule has 4 nitrogen and oxygen atoms in total. The minimum absolute atomic E-state index is 0.00313. The van der Waals surface area contributed by atoms with Gasteiger partial charge < -0.3 is 9.84 Å². The molecular weight excluding hydrogens is 290 g/mol. The number of allylic oxidation sites excluding steroid dienone is 2. The number of carbonyl (C=O) groups excluding carboxylic acids is 1. The van der Waals surface area contributed by atoms with Crippen molar-refractivity contribution in [3.05, 3.63) is 59.9 Å². The highest BCUT2D eigenvalue weighted by atomic mass is 16.6. The quantitative estimate of drug-likeness (QED) is 0.872. The lowest BCUT2D eigenvalue weighted by atomic mass is 9.83. The summed E-state index contributed by atoms with van der Waals surface area (Å²) in [6.45, 7) is 2.57. The Balaban J connectivity index is 1.45. The third-order valence-corrected chi connectivity index (χ3v) is 5.20. The number of esters is 1. The van der Waals surface area contributed by atoms with Crippen molar-refractivity contribution in [1.29, 1.82) is 0 Å². The van der Waals surface area contributed by atoms with Crippen LogP contribution in [-0.4, -0.2) is 35.2 Å². The third kappa shape index (κ3) is 2.79. The van der Waals surface area contributed by atoms with Crippen molar-refractivity contribution < 1.29 is 14.6 Å². The van der Waals surface area contributed by atoms with Crippen LogP contribution in [0.1, 0.15) is 12.0 Å². The van der Waals surface area contributed by atoms with E-state index in [1.165, 1.54) is 5.56 Å². The monoisotopic (exact) mass is 311 g/mol. The Hall–Kier alpha value is -2.07. The van der Waals surface area contributed by atoms with Gasteiger partial charge in [0.15, 0.2) is 0 Å². The number of aliphatic hydroxyl groups excluding tert-OH is 1. The molecule has 0 saturated carbocycles. The van der Waals surface area contributed by atoms with Gasteiger partial charge in [0, 0.05) is 31.5 Å². The van der Waals surface area contributed by atoms with Crippen LogP contribution in [0, 0.1) is 17.8 Å². The Kier molecular flexibility index (Phi) is 3.69. The SMILES string of the molecule is O=C1O[C@@H](C2C=CC(O)=CC2)[C@@H]2CN(Cc3ccccc3)C[C@H]12. The zero-order valence-corrected chi connectivity index (χ0v) is 13.0. The molecule has 4 atom stereocenters. The van der Waals surface area contributed by atoms with E-state index in [4.69, 9.17) is 4.74 Å². The summed E-state index contributed by atoms with van der Waals surface area (Å²) in [5.41, 5.74) is 1.28. The number of benzene rings is 1. The predicted molar refractivity (Wildman–Crippen MR) is 86.5 cm³/mol. The summed E-state index contributed by atoms with van der Waals surface area (Å²) in [5, 5.41) is 9.47. The van der Waals surface area contributed by atoms with Crippen molar-refractivity contribution >= 4 is 5.97 Å². The highest BCUT2D eigenvalue weighted by Gasteiger charge is 2.51. The van der Waals surface area contributed by atoms with Gasteiger partial charge in [-0.3, -0.25) is 9.69 Å². The lowest BCUT2D eigenvalue weighted by Gasteiger charge is -2.26. The fourth-order valence-corrected chi connectivity index (χ4v) is 4.05. The molecule has 1 aliphatic carbocycles. The minimum atomic E-state index is -0.0612. The van der Waals surface area contributed by atoms with Gasteiger partial charge in [-0.05, 0) is 24.1 Å². The lowest BCUT2D eigenvalue weighted by molar-refractivity contribution is -0.146. The average molecular weight is 311 g/mol. The molecule has 3 aliphatic rings. The van der Waals surface area contributed by atoms with Crippen molar-refractivity contribution in [3.8, 4) is 0 Å². The van der Waals surface area contributed by atoms with Crippen LogP contribution in [0.25, 0.3) is 0 Å². The molecule has 0 spiro atoms. The van der Waals surface area contributed by atoms with Crippen molar-refractivity contribution in [2.45, 2.75) is 19.1 Å². The summed E-state index contributed by atoms with van der Waals surface area (Å²) in [5.74, 6) is 0.689. The number of hydrogen-bond donors (Lipinski definition) is 1. The summed E-state index contributed by atoms with van der Waals surface area (Å²) in [6.07, 6.45) is 6.18. The molecule has 4 heteroatoms. The number of aliphatic hydroxyl groups is 1. The normalized spacial score (nSPS) is 33.4. The van der Waals surface area contributed by atoms with Gasteiger partial charge in [0.25, 0.3) is 0 Å². The molecule has 0 radical (unpaired) electrons. The van der Waals surface area contributed by atoms with Gasteiger partial charge in [0.05, 0.1) is 5.92 Å². The molecule has 2 heterocycles. The second-order valence-electron chi connectivity index (χ2n) is 6.74. The molecule has 1 aromatic carbocycles.